The van der Waals surface area contributed by atoms with E-state index in [0.717, 1.165) is 11.3 Å². The molecule has 0 bridgehead atoms. The van der Waals surface area contributed by atoms with Crippen LogP contribution in [0.15, 0.2) is 65.3 Å². The van der Waals surface area contributed by atoms with Gasteiger partial charge in [-0.2, -0.15) is 0 Å². The third kappa shape index (κ3) is 2.93. The lowest BCUT2D eigenvalue weighted by molar-refractivity contribution is -0.122. The predicted molar refractivity (Wildman–Crippen MR) is 113 cm³/mol. The smallest absolute Gasteiger partial charge is 0.267 e. The van der Waals surface area contributed by atoms with Crippen LogP contribution in [0.5, 0.6) is 0 Å². The number of thioether (sulfide) groups is 1. The lowest BCUT2D eigenvalue weighted by Crippen LogP contribution is -2.29. The van der Waals surface area contributed by atoms with Crippen LogP contribution >= 0.6 is 23.4 Å². The van der Waals surface area contributed by atoms with Crippen molar-refractivity contribution in [1.82, 2.24) is 9.88 Å². The van der Waals surface area contributed by atoms with Crippen molar-refractivity contribution >= 4 is 57.3 Å². The van der Waals surface area contributed by atoms with Gasteiger partial charge in [0.05, 0.1) is 26.9 Å². The minimum absolute atomic E-state index is 0.209. The first-order valence-corrected chi connectivity index (χ1v) is 9.63. The highest BCUT2D eigenvalue weighted by molar-refractivity contribution is 8.18. The number of amidine groups is 1. The van der Waals surface area contributed by atoms with E-state index in [-0.39, 0.29) is 18.4 Å². The molecular formula is C20H15ClN4O2S. The van der Waals surface area contributed by atoms with Gasteiger partial charge in [-0.05, 0) is 23.9 Å². The Morgan fingerprint density at radius 1 is 1.25 bits per heavy atom. The first kappa shape index (κ1) is 18.5. The van der Waals surface area contributed by atoms with Gasteiger partial charge in [0.2, 0.25) is 0 Å². The van der Waals surface area contributed by atoms with E-state index in [1.807, 2.05) is 24.3 Å². The second-order valence-electron chi connectivity index (χ2n) is 6.11. The molecule has 2 amide bonds. The molecule has 2 aromatic rings. The molecule has 28 heavy (non-hydrogen) atoms. The first-order valence-electron chi connectivity index (χ1n) is 8.43. The fourth-order valence-corrected chi connectivity index (χ4v) is 4.33. The maximum absolute atomic E-state index is 13.1. The average molecular weight is 411 g/mol. The van der Waals surface area contributed by atoms with Crippen molar-refractivity contribution in [2.75, 3.05) is 18.5 Å². The van der Waals surface area contributed by atoms with Crippen molar-refractivity contribution in [3.63, 3.8) is 0 Å². The first-order chi connectivity index (χ1) is 13.5. The number of hydrogen-bond acceptors (Lipinski definition) is 5. The van der Waals surface area contributed by atoms with E-state index in [1.54, 1.807) is 30.3 Å². The summed E-state index contributed by atoms with van der Waals surface area (Å²) in [6.45, 7) is 3.99. The molecule has 0 saturated carbocycles. The highest BCUT2D eigenvalue weighted by Crippen LogP contribution is 2.44. The van der Waals surface area contributed by atoms with Crippen molar-refractivity contribution in [3.05, 3.63) is 70.9 Å². The Labute approximate surface area is 171 Å². The van der Waals surface area contributed by atoms with Gasteiger partial charge in [-0.15, -0.1) is 6.58 Å². The number of aliphatic imine (C=N–C) groups is 1. The molecule has 140 valence electrons. The SMILES string of the molecule is C=CCN1C(=O)/C(=C2/C(=O)N(C)c3ccccc32)SC1=Nc1ccncc1Cl. The van der Waals surface area contributed by atoms with Crippen LogP contribution in [0.3, 0.4) is 0 Å². The third-order valence-corrected chi connectivity index (χ3v) is 5.79. The molecule has 1 saturated heterocycles. The number of halogens is 1. The van der Waals surface area contributed by atoms with Crippen LogP contribution in [0, 0.1) is 0 Å². The minimum atomic E-state index is -0.276. The van der Waals surface area contributed by atoms with Gasteiger partial charge in [0.1, 0.15) is 0 Å². The van der Waals surface area contributed by atoms with Crippen molar-refractivity contribution in [2.45, 2.75) is 0 Å². The zero-order chi connectivity index (χ0) is 19.8. The number of amides is 2. The molecule has 2 aliphatic heterocycles. The molecule has 1 fully saturated rings. The Bertz CT molecular complexity index is 1080. The fourth-order valence-electron chi connectivity index (χ4n) is 3.08. The van der Waals surface area contributed by atoms with E-state index in [1.165, 1.54) is 22.9 Å². The maximum Gasteiger partial charge on any atom is 0.267 e. The second kappa shape index (κ2) is 7.26. The zero-order valence-corrected chi connectivity index (χ0v) is 16.5. The van der Waals surface area contributed by atoms with E-state index >= 15 is 0 Å². The monoisotopic (exact) mass is 410 g/mol. The Morgan fingerprint density at radius 3 is 2.79 bits per heavy atom. The van der Waals surface area contributed by atoms with Gasteiger partial charge in [0, 0.05) is 31.5 Å². The number of para-hydroxylation sites is 1. The van der Waals surface area contributed by atoms with Gasteiger partial charge >= 0.3 is 0 Å². The zero-order valence-electron chi connectivity index (χ0n) is 14.9. The Kier molecular flexibility index (Phi) is 4.78. The highest BCUT2D eigenvalue weighted by atomic mass is 35.5. The number of fused-ring (bicyclic) bond motifs is 1. The molecule has 0 atom stereocenters. The average Bonchev–Trinajstić information content (AvgIpc) is 3.12. The molecule has 0 aliphatic carbocycles. The van der Waals surface area contributed by atoms with Gasteiger partial charge in [-0.3, -0.25) is 19.5 Å². The summed E-state index contributed by atoms with van der Waals surface area (Å²) in [6, 6.07) is 9.09. The largest absolute Gasteiger partial charge is 0.311 e. The van der Waals surface area contributed by atoms with E-state index in [2.05, 4.69) is 16.6 Å². The third-order valence-electron chi connectivity index (χ3n) is 4.42. The van der Waals surface area contributed by atoms with Crippen LogP contribution in [-0.2, 0) is 9.59 Å². The van der Waals surface area contributed by atoms with Crippen LogP contribution in [0.1, 0.15) is 5.56 Å². The molecule has 6 nitrogen and oxygen atoms in total. The number of carbonyl (C=O) groups is 2. The summed E-state index contributed by atoms with van der Waals surface area (Å²) in [4.78, 5) is 37.9. The normalized spacial score (nSPS) is 20.3. The molecule has 0 N–H and O–H groups in total. The number of hydrogen-bond donors (Lipinski definition) is 0. The van der Waals surface area contributed by atoms with Crippen LogP contribution in [0.2, 0.25) is 5.02 Å². The summed E-state index contributed by atoms with van der Waals surface area (Å²) in [5, 5.41) is 0.824. The van der Waals surface area contributed by atoms with Crippen molar-refractivity contribution < 1.29 is 9.59 Å². The van der Waals surface area contributed by atoms with Crippen molar-refractivity contribution in [3.8, 4) is 0 Å². The molecule has 3 heterocycles. The number of benzene rings is 1. The molecule has 4 rings (SSSR count). The van der Waals surface area contributed by atoms with Gasteiger partial charge in [0.15, 0.2) is 5.17 Å². The molecule has 0 spiro atoms. The molecule has 8 heteroatoms. The molecule has 2 aliphatic rings. The van der Waals surface area contributed by atoms with Crippen LogP contribution in [-0.4, -0.2) is 40.5 Å². The molecule has 1 aromatic carbocycles. The molecule has 1 aromatic heterocycles. The maximum atomic E-state index is 13.1. The summed E-state index contributed by atoms with van der Waals surface area (Å²) in [6.07, 6.45) is 4.69. The summed E-state index contributed by atoms with van der Waals surface area (Å²) >= 11 is 7.33. The minimum Gasteiger partial charge on any atom is -0.311 e. The Hall–Kier alpha value is -2.90. The quantitative estimate of drug-likeness (QED) is 0.569. The van der Waals surface area contributed by atoms with Crippen molar-refractivity contribution in [1.29, 1.82) is 0 Å². The highest BCUT2D eigenvalue weighted by Gasteiger charge is 2.41. The number of aromatic nitrogens is 1. The Morgan fingerprint density at radius 2 is 2.04 bits per heavy atom. The van der Waals surface area contributed by atoms with Crippen LogP contribution in [0.4, 0.5) is 11.4 Å². The summed E-state index contributed by atoms with van der Waals surface area (Å²) < 4.78 is 0. The van der Waals surface area contributed by atoms with E-state index in [4.69, 9.17) is 11.6 Å². The lowest BCUT2D eigenvalue weighted by atomic mass is 10.1. The van der Waals surface area contributed by atoms with Gasteiger partial charge in [0.25, 0.3) is 11.8 Å². The van der Waals surface area contributed by atoms with Gasteiger partial charge in [-0.25, -0.2) is 4.99 Å². The fraction of sp³-hybridized carbons (Fsp3) is 0.100. The Balaban J connectivity index is 1.86. The number of carbonyl (C=O) groups excluding carboxylic acids is 2. The van der Waals surface area contributed by atoms with Gasteiger partial charge in [-0.1, -0.05) is 35.9 Å². The van der Waals surface area contributed by atoms with Crippen LogP contribution in [0.25, 0.3) is 5.57 Å². The molecular weight excluding hydrogens is 396 g/mol. The number of anilines is 1. The lowest BCUT2D eigenvalue weighted by Gasteiger charge is -2.12. The van der Waals surface area contributed by atoms with E-state index in [0.29, 0.717) is 26.4 Å². The molecule has 0 unspecified atom stereocenters. The predicted octanol–water partition coefficient (Wildman–Crippen LogP) is 3.87. The molecule has 0 radical (unpaired) electrons. The summed E-state index contributed by atoms with van der Waals surface area (Å²) in [5.41, 5.74) is 2.42. The number of rotatable bonds is 3. The van der Waals surface area contributed by atoms with Gasteiger partial charge < -0.3 is 4.90 Å². The number of likely N-dealkylation sites (N-methyl/N-ethyl adjacent to an activating group) is 1. The topological polar surface area (TPSA) is 65.9 Å². The van der Waals surface area contributed by atoms with E-state index in [9.17, 15) is 9.59 Å². The number of nitrogens with zero attached hydrogens (tertiary/aromatic N) is 4. The van der Waals surface area contributed by atoms with Crippen LogP contribution < -0.4 is 4.90 Å². The summed E-state index contributed by atoms with van der Waals surface area (Å²) in [5.74, 6) is -0.485. The second-order valence-corrected chi connectivity index (χ2v) is 7.50. The van der Waals surface area contributed by atoms with Crippen molar-refractivity contribution in [2.24, 2.45) is 4.99 Å². The number of pyridine rings is 1. The summed E-state index contributed by atoms with van der Waals surface area (Å²) in [7, 11) is 1.70. The van der Waals surface area contributed by atoms with E-state index < -0.39 is 0 Å². The standard InChI is InChI=1S/C20H15ClN4O2S/c1-3-10-25-19(27)17(28-20(25)23-14-8-9-22-11-13(14)21)16-12-6-4-5-7-15(12)24(2)18(16)26/h3-9,11H,1,10H2,2H3/b17-16-,23-20?.